The van der Waals surface area contributed by atoms with E-state index in [4.69, 9.17) is 23.3 Å². The van der Waals surface area contributed by atoms with Crippen molar-refractivity contribution in [2.75, 3.05) is 26.4 Å². The third-order valence-electron chi connectivity index (χ3n) is 12.4. The molecule has 0 saturated carbocycles. The van der Waals surface area contributed by atoms with Crippen LogP contribution >= 0.6 is 7.82 Å². The SMILES string of the molecule is CC/C=C\C/C=C\C/C=C\C/C=C\C/C=C\C/C=C\CCC(=O)OC(COC(=O)CCCCCCCCC/C=C\C/C=C\C/C=C\CC)COP(=O)(O)OCC(CO)OC(=O)CCCCCCC/C=C\CCCCCCCC. The van der Waals surface area contributed by atoms with Crippen molar-refractivity contribution in [2.45, 2.75) is 251 Å². The maximum Gasteiger partial charge on any atom is 0.472 e. The molecule has 78 heavy (non-hydrogen) atoms. The zero-order valence-electron chi connectivity index (χ0n) is 49.1. The number of aliphatic hydroxyl groups is 1. The van der Waals surface area contributed by atoms with Crippen molar-refractivity contribution in [3.8, 4) is 0 Å². The number of phosphoric ester groups is 1. The predicted molar refractivity (Wildman–Crippen MR) is 325 cm³/mol. The van der Waals surface area contributed by atoms with Gasteiger partial charge in [0.25, 0.3) is 0 Å². The molecule has 0 aliphatic carbocycles. The Labute approximate surface area is 475 Å². The van der Waals surface area contributed by atoms with Crippen LogP contribution in [0, 0.1) is 0 Å². The molecule has 12 heteroatoms. The lowest BCUT2D eigenvalue weighted by Crippen LogP contribution is -2.30. The first-order chi connectivity index (χ1) is 38.2. The minimum Gasteiger partial charge on any atom is -0.462 e. The van der Waals surface area contributed by atoms with Crippen LogP contribution in [-0.4, -0.2) is 66.5 Å². The Kier molecular flexibility index (Phi) is 55.9. The molecule has 0 aliphatic rings. The molecule has 0 aromatic rings. The molecule has 0 spiro atoms. The lowest BCUT2D eigenvalue weighted by atomic mass is 10.1. The van der Waals surface area contributed by atoms with Crippen molar-refractivity contribution in [2.24, 2.45) is 0 Å². The third kappa shape index (κ3) is 56.6. The second-order valence-electron chi connectivity index (χ2n) is 19.7. The summed E-state index contributed by atoms with van der Waals surface area (Å²) in [6.07, 6.45) is 73.1. The normalized spacial score (nSPS) is 14.2. The maximum atomic E-state index is 12.9. The number of unbranched alkanes of at least 4 members (excludes halogenated alkanes) is 18. The van der Waals surface area contributed by atoms with E-state index in [9.17, 15) is 28.9 Å². The average Bonchev–Trinajstić information content (AvgIpc) is 3.43. The molecule has 0 radical (unpaired) electrons. The number of hydrogen-bond acceptors (Lipinski definition) is 10. The molecule has 0 fully saturated rings. The molecule has 3 unspecified atom stereocenters. The summed E-state index contributed by atoms with van der Waals surface area (Å²) >= 11 is 0. The minimum absolute atomic E-state index is 0.0339. The molecular formula is C66H109O11P. The Balaban J connectivity index is 4.86. The number of allylic oxidation sites excluding steroid dienone is 20. The number of carbonyl (C=O) groups excluding carboxylic acids is 3. The molecule has 0 bridgehead atoms. The van der Waals surface area contributed by atoms with Crippen LogP contribution in [0.25, 0.3) is 0 Å². The summed E-state index contributed by atoms with van der Waals surface area (Å²) in [6.45, 7) is 4.31. The van der Waals surface area contributed by atoms with Gasteiger partial charge in [0.2, 0.25) is 0 Å². The first kappa shape index (κ1) is 73.9. The quantitative estimate of drug-likeness (QED) is 0.0197. The number of rotatable bonds is 55. The van der Waals surface area contributed by atoms with E-state index in [1.54, 1.807) is 0 Å². The molecule has 0 aliphatic heterocycles. The van der Waals surface area contributed by atoms with Crippen LogP contribution in [0.3, 0.4) is 0 Å². The van der Waals surface area contributed by atoms with Crippen molar-refractivity contribution in [1.82, 2.24) is 0 Å². The lowest BCUT2D eigenvalue weighted by Gasteiger charge is -2.21. The third-order valence-corrected chi connectivity index (χ3v) is 13.3. The minimum atomic E-state index is -4.78. The van der Waals surface area contributed by atoms with E-state index < -0.39 is 57.8 Å². The van der Waals surface area contributed by atoms with Gasteiger partial charge < -0.3 is 24.2 Å². The van der Waals surface area contributed by atoms with E-state index >= 15 is 0 Å². The Hall–Kier alpha value is -4.12. The van der Waals surface area contributed by atoms with E-state index in [1.165, 1.54) is 51.4 Å². The van der Waals surface area contributed by atoms with Crippen LogP contribution in [0.1, 0.15) is 239 Å². The summed E-state index contributed by atoms with van der Waals surface area (Å²) in [4.78, 5) is 48.6. The Morgan fingerprint density at radius 3 is 1.12 bits per heavy atom. The fourth-order valence-electron chi connectivity index (χ4n) is 7.80. The van der Waals surface area contributed by atoms with Gasteiger partial charge in [-0.2, -0.15) is 0 Å². The first-order valence-electron chi connectivity index (χ1n) is 30.4. The molecule has 0 saturated heterocycles. The standard InChI is InChI=1S/C66H109O11P/c1-4-7-10-13-16-19-22-25-28-30-31-33-36-39-42-45-48-51-54-57-66(70)77-63(59-73-64(68)55-52-49-46-43-40-37-35-32-29-26-23-20-17-14-11-8-5-2)61-75-78(71,72)74-60-62(58-67)76-65(69)56-53-50-47-44-41-38-34-27-24-21-18-15-12-9-6-3/h7-8,10-11,16-17,19-20,25-29,31,33-34,39,42,48,51,62-63,67H,4-6,9,12-15,18,21-24,30,32,35-38,40-41,43-47,49-50,52-61H2,1-3H3,(H,71,72)/b10-7-,11-8-,19-16-,20-17-,28-25-,29-26-,33-31-,34-27-,42-39-,51-48-. The summed E-state index contributed by atoms with van der Waals surface area (Å²) in [5.41, 5.74) is 0. The van der Waals surface area contributed by atoms with E-state index in [0.717, 1.165) is 122 Å². The zero-order chi connectivity index (χ0) is 56.9. The number of hydrogen-bond donors (Lipinski definition) is 2. The number of esters is 3. The zero-order valence-corrected chi connectivity index (χ0v) is 50.0. The van der Waals surface area contributed by atoms with Gasteiger partial charge >= 0.3 is 25.7 Å². The average molecular weight is 1110 g/mol. The Morgan fingerprint density at radius 2 is 0.692 bits per heavy atom. The van der Waals surface area contributed by atoms with Crippen LogP contribution in [-0.2, 0) is 42.2 Å². The van der Waals surface area contributed by atoms with Gasteiger partial charge in [0.15, 0.2) is 6.10 Å². The second kappa shape index (κ2) is 59.0. The predicted octanol–water partition coefficient (Wildman–Crippen LogP) is 18.4. The van der Waals surface area contributed by atoms with Gasteiger partial charge in [-0.15, -0.1) is 0 Å². The second-order valence-corrected chi connectivity index (χ2v) is 21.2. The van der Waals surface area contributed by atoms with E-state index in [1.807, 2.05) is 12.2 Å². The van der Waals surface area contributed by atoms with E-state index in [2.05, 4.69) is 130 Å². The van der Waals surface area contributed by atoms with Crippen LogP contribution in [0.4, 0.5) is 0 Å². The van der Waals surface area contributed by atoms with Crippen LogP contribution < -0.4 is 0 Å². The van der Waals surface area contributed by atoms with Crippen molar-refractivity contribution < 1.29 is 52.2 Å². The smallest absolute Gasteiger partial charge is 0.462 e. The highest BCUT2D eigenvalue weighted by Gasteiger charge is 2.28. The topological polar surface area (TPSA) is 155 Å². The number of phosphoric acid groups is 1. The molecule has 11 nitrogen and oxygen atoms in total. The van der Waals surface area contributed by atoms with Gasteiger partial charge in [-0.1, -0.05) is 226 Å². The Morgan fingerprint density at radius 1 is 0.372 bits per heavy atom. The highest BCUT2D eigenvalue weighted by Crippen LogP contribution is 2.43. The summed E-state index contributed by atoms with van der Waals surface area (Å²) in [5, 5.41) is 9.83. The molecule has 0 heterocycles. The number of aliphatic hydroxyl groups excluding tert-OH is 1. The number of ether oxygens (including phenoxy) is 3. The highest BCUT2D eigenvalue weighted by atomic mass is 31.2. The van der Waals surface area contributed by atoms with Crippen LogP contribution in [0.5, 0.6) is 0 Å². The van der Waals surface area contributed by atoms with Crippen molar-refractivity contribution >= 4 is 25.7 Å². The first-order valence-corrected chi connectivity index (χ1v) is 31.9. The molecular weight excluding hydrogens is 1000 g/mol. The van der Waals surface area contributed by atoms with Crippen molar-refractivity contribution in [3.63, 3.8) is 0 Å². The molecule has 2 N–H and O–H groups in total. The van der Waals surface area contributed by atoms with Crippen LogP contribution in [0.2, 0.25) is 0 Å². The van der Waals surface area contributed by atoms with Gasteiger partial charge in [-0.3, -0.25) is 23.4 Å². The van der Waals surface area contributed by atoms with Crippen molar-refractivity contribution in [3.05, 3.63) is 122 Å². The van der Waals surface area contributed by atoms with Gasteiger partial charge in [0.05, 0.1) is 19.8 Å². The van der Waals surface area contributed by atoms with E-state index in [-0.39, 0.29) is 25.9 Å². The van der Waals surface area contributed by atoms with Gasteiger partial charge in [0, 0.05) is 19.3 Å². The van der Waals surface area contributed by atoms with Crippen LogP contribution in [0.15, 0.2) is 122 Å². The highest BCUT2D eigenvalue weighted by molar-refractivity contribution is 7.47. The van der Waals surface area contributed by atoms with E-state index in [0.29, 0.717) is 25.7 Å². The fourth-order valence-corrected chi connectivity index (χ4v) is 8.59. The summed E-state index contributed by atoms with van der Waals surface area (Å²) in [5.74, 6) is -1.59. The summed E-state index contributed by atoms with van der Waals surface area (Å²) in [7, 11) is -4.78. The monoisotopic (exact) mass is 1110 g/mol. The number of carbonyl (C=O) groups is 3. The maximum absolute atomic E-state index is 12.9. The molecule has 0 aromatic heterocycles. The molecule has 3 atom stereocenters. The lowest BCUT2D eigenvalue weighted by molar-refractivity contribution is -0.161. The fraction of sp³-hybridized carbons (Fsp3) is 0.652. The van der Waals surface area contributed by atoms with Gasteiger partial charge in [-0.25, -0.2) is 4.57 Å². The van der Waals surface area contributed by atoms with Gasteiger partial charge in [-0.05, 0) is 116 Å². The molecule has 0 rings (SSSR count). The molecule has 444 valence electrons. The van der Waals surface area contributed by atoms with Gasteiger partial charge in [0.1, 0.15) is 12.7 Å². The molecule has 0 aromatic carbocycles. The largest absolute Gasteiger partial charge is 0.472 e. The summed E-state index contributed by atoms with van der Waals surface area (Å²) < 4.78 is 39.5. The van der Waals surface area contributed by atoms with Crippen molar-refractivity contribution in [1.29, 1.82) is 0 Å². The summed E-state index contributed by atoms with van der Waals surface area (Å²) in [6, 6.07) is 0. The molecule has 0 amide bonds. The Bertz CT molecular complexity index is 1770.